The second kappa shape index (κ2) is 8.16. The number of hydrogen-bond donors (Lipinski definition) is 2. The number of nitrogens with one attached hydrogen (secondary N) is 2. The van der Waals surface area contributed by atoms with Gasteiger partial charge in [0.25, 0.3) is 15.9 Å². The van der Waals surface area contributed by atoms with Gasteiger partial charge in [0.15, 0.2) is 0 Å². The van der Waals surface area contributed by atoms with E-state index in [9.17, 15) is 18.0 Å². The Kier molecular flexibility index (Phi) is 5.55. The van der Waals surface area contributed by atoms with Crippen LogP contribution in [0.25, 0.3) is 10.9 Å². The van der Waals surface area contributed by atoms with Crippen LogP contribution in [0.1, 0.15) is 15.9 Å². The zero-order chi connectivity index (χ0) is 22.2. The number of hydrogen-bond acceptors (Lipinski definition) is 5. The third-order valence-electron chi connectivity index (χ3n) is 5.37. The predicted molar refractivity (Wildman–Crippen MR) is 120 cm³/mol. The quantitative estimate of drug-likeness (QED) is 0.606. The van der Waals surface area contributed by atoms with Crippen LogP contribution in [-0.2, 0) is 16.4 Å². The molecule has 1 aliphatic rings. The van der Waals surface area contributed by atoms with Crippen LogP contribution in [0.3, 0.4) is 0 Å². The Morgan fingerprint density at radius 1 is 1.19 bits per heavy atom. The highest BCUT2D eigenvalue weighted by Gasteiger charge is 2.31. The van der Waals surface area contributed by atoms with Gasteiger partial charge in [-0.3, -0.25) is 13.9 Å². The lowest BCUT2D eigenvalue weighted by molar-refractivity contribution is 0.0950. The molecule has 4 rings (SSSR count). The number of fused-ring (bicyclic) bond motifs is 2. The number of rotatable bonds is 6. The van der Waals surface area contributed by atoms with Gasteiger partial charge >= 0.3 is 0 Å². The van der Waals surface area contributed by atoms with Crippen molar-refractivity contribution in [3.63, 3.8) is 0 Å². The molecule has 9 heteroatoms. The van der Waals surface area contributed by atoms with Crippen LogP contribution in [0, 0.1) is 0 Å². The van der Waals surface area contributed by atoms with Gasteiger partial charge in [-0.05, 0) is 50.3 Å². The molecule has 2 heterocycles. The van der Waals surface area contributed by atoms with Gasteiger partial charge in [0.05, 0.1) is 10.6 Å². The maximum absolute atomic E-state index is 13.3. The Balaban J connectivity index is 1.70. The summed E-state index contributed by atoms with van der Waals surface area (Å²) < 4.78 is 28.0. The summed E-state index contributed by atoms with van der Waals surface area (Å²) in [5.74, 6) is -0.494. The number of carbonyl (C=O) groups is 1. The number of H-pyrrole nitrogens is 1. The molecule has 0 fully saturated rings. The number of para-hydroxylation sites is 1. The third kappa shape index (κ3) is 3.94. The molecule has 2 aromatic carbocycles. The second-order valence-electron chi connectivity index (χ2n) is 7.75. The van der Waals surface area contributed by atoms with E-state index in [0.717, 1.165) is 5.56 Å². The summed E-state index contributed by atoms with van der Waals surface area (Å²) in [4.78, 5) is 30.3. The number of aromatic amines is 1. The summed E-state index contributed by atoms with van der Waals surface area (Å²) in [6, 6.07) is 11.8. The van der Waals surface area contributed by atoms with E-state index in [4.69, 9.17) is 0 Å². The molecule has 0 saturated heterocycles. The molecule has 2 N–H and O–H groups in total. The predicted octanol–water partition coefficient (Wildman–Crippen LogP) is 1.57. The summed E-state index contributed by atoms with van der Waals surface area (Å²) in [7, 11) is -0.0734. The number of sulfonamides is 1. The molecule has 1 aromatic heterocycles. The van der Waals surface area contributed by atoms with Crippen LogP contribution in [0.2, 0.25) is 0 Å². The van der Waals surface area contributed by atoms with Crippen LogP contribution in [0.15, 0.2) is 58.4 Å². The smallest absolute Gasteiger partial charge is 0.264 e. The van der Waals surface area contributed by atoms with Crippen molar-refractivity contribution >= 4 is 32.5 Å². The molecule has 0 aliphatic carbocycles. The van der Waals surface area contributed by atoms with Gasteiger partial charge in [0, 0.05) is 36.7 Å². The average Bonchev–Trinajstić information content (AvgIpc) is 3.18. The van der Waals surface area contributed by atoms with Crippen molar-refractivity contribution < 1.29 is 13.2 Å². The number of likely N-dealkylation sites (N-methyl/N-ethyl adjacent to an activating group) is 1. The van der Waals surface area contributed by atoms with Crippen molar-refractivity contribution in [3.05, 3.63) is 70.0 Å². The van der Waals surface area contributed by atoms with Crippen molar-refractivity contribution in [2.75, 3.05) is 38.0 Å². The molecule has 162 valence electrons. The minimum absolute atomic E-state index is 0.0207. The molecule has 0 atom stereocenters. The van der Waals surface area contributed by atoms with Gasteiger partial charge in [0.2, 0.25) is 5.43 Å². The van der Waals surface area contributed by atoms with Gasteiger partial charge in [-0.25, -0.2) is 8.42 Å². The molecule has 1 amide bonds. The Hall–Kier alpha value is -3.17. The van der Waals surface area contributed by atoms with Crippen LogP contribution in [0.4, 0.5) is 5.69 Å². The highest BCUT2D eigenvalue weighted by molar-refractivity contribution is 7.92. The van der Waals surface area contributed by atoms with E-state index in [1.165, 1.54) is 22.6 Å². The first-order chi connectivity index (χ1) is 14.8. The molecule has 0 spiro atoms. The standard InChI is InChI=1S/C22H24N4O4S/c1-25(2)12-10-23-22(28)18-14-24-19-8-7-16(13-17(19)21(18)27)31(29,30)26-11-9-15-5-3-4-6-20(15)26/h3-8,13-14H,9-12H2,1-2H3,(H,23,28)(H,24,27). The fourth-order valence-electron chi connectivity index (χ4n) is 3.70. The van der Waals surface area contributed by atoms with E-state index < -0.39 is 21.4 Å². The molecule has 31 heavy (non-hydrogen) atoms. The Bertz CT molecular complexity index is 1310. The van der Waals surface area contributed by atoms with Gasteiger partial charge in [-0.15, -0.1) is 0 Å². The monoisotopic (exact) mass is 440 g/mol. The Labute approximate surface area is 180 Å². The number of amides is 1. The fraction of sp³-hybridized carbons (Fsp3) is 0.273. The maximum Gasteiger partial charge on any atom is 0.264 e. The summed E-state index contributed by atoms with van der Waals surface area (Å²) >= 11 is 0. The van der Waals surface area contributed by atoms with E-state index in [2.05, 4.69) is 10.3 Å². The number of carbonyl (C=O) groups excluding carboxylic acids is 1. The summed E-state index contributed by atoms with van der Waals surface area (Å²) in [5.41, 5.74) is 1.55. The normalized spacial score (nSPS) is 13.6. The van der Waals surface area contributed by atoms with Crippen molar-refractivity contribution in [2.45, 2.75) is 11.3 Å². The molecule has 1 aliphatic heterocycles. The zero-order valence-corrected chi connectivity index (χ0v) is 18.2. The van der Waals surface area contributed by atoms with Crippen molar-refractivity contribution in [3.8, 4) is 0 Å². The lowest BCUT2D eigenvalue weighted by Crippen LogP contribution is -2.34. The first-order valence-electron chi connectivity index (χ1n) is 9.98. The zero-order valence-electron chi connectivity index (χ0n) is 17.4. The van der Waals surface area contributed by atoms with Gasteiger partial charge in [-0.2, -0.15) is 0 Å². The molecule has 3 aromatic rings. The topological polar surface area (TPSA) is 103 Å². The van der Waals surface area contributed by atoms with Crippen LogP contribution in [-0.4, -0.2) is 57.9 Å². The summed E-state index contributed by atoms with van der Waals surface area (Å²) in [6.07, 6.45) is 2.00. The van der Waals surface area contributed by atoms with Gasteiger partial charge in [-0.1, -0.05) is 18.2 Å². The third-order valence-corrected chi connectivity index (χ3v) is 7.18. The van der Waals surface area contributed by atoms with Gasteiger partial charge < -0.3 is 15.2 Å². The summed E-state index contributed by atoms with van der Waals surface area (Å²) in [6.45, 7) is 1.38. The highest BCUT2D eigenvalue weighted by atomic mass is 32.2. The SMILES string of the molecule is CN(C)CCNC(=O)c1c[nH]c2ccc(S(=O)(=O)N3CCc4ccccc43)cc2c1=O. The molecule has 0 saturated carbocycles. The summed E-state index contributed by atoms with van der Waals surface area (Å²) in [5, 5.41) is 2.87. The number of benzene rings is 2. The highest BCUT2D eigenvalue weighted by Crippen LogP contribution is 2.33. The Morgan fingerprint density at radius 3 is 2.74 bits per heavy atom. The Morgan fingerprint density at radius 2 is 1.97 bits per heavy atom. The van der Waals surface area contributed by atoms with E-state index in [0.29, 0.717) is 37.3 Å². The van der Waals surface area contributed by atoms with E-state index in [1.54, 1.807) is 18.2 Å². The molecule has 0 bridgehead atoms. The number of pyridine rings is 1. The molecule has 0 radical (unpaired) electrons. The van der Waals surface area contributed by atoms with Crippen LogP contribution >= 0.6 is 0 Å². The minimum atomic E-state index is -3.84. The molecular formula is C22H24N4O4S. The largest absolute Gasteiger partial charge is 0.360 e. The van der Waals surface area contributed by atoms with Crippen molar-refractivity contribution in [2.24, 2.45) is 0 Å². The number of aromatic nitrogens is 1. The molecule has 8 nitrogen and oxygen atoms in total. The van der Waals surface area contributed by atoms with Crippen LogP contribution in [0.5, 0.6) is 0 Å². The lowest BCUT2D eigenvalue weighted by Gasteiger charge is -2.19. The van der Waals surface area contributed by atoms with Crippen molar-refractivity contribution in [1.29, 1.82) is 0 Å². The van der Waals surface area contributed by atoms with Gasteiger partial charge in [0.1, 0.15) is 5.56 Å². The number of anilines is 1. The van der Waals surface area contributed by atoms with Crippen LogP contribution < -0.4 is 15.1 Å². The molecular weight excluding hydrogens is 416 g/mol. The average molecular weight is 441 g/mol. The fourth-order valence-corrected chi connectivity index (χ4v) is 5.23. The lowest BCUT2D eigenvalue weighted by atomic mass is 10.1. The van der Waals surface area contributed by atoms with E-state index >= 15 is 0 Å². The minimum Gasteiger partial charge on any atom is -0.360 e. The van der Waals surface area contributed by atoms with Crippen molar-refractivity contribution in [1.82, 2.24) is 15.2 Å². The second-order valence-corrected chi connectivity index (χ2v) is 9.62. The first kappa shape index (κ1) is 21.1. The maximum atomic E-state index is 13.3. The van der Waals surface area contributed by atoms with E-state index in [-0.39, 0.29) is 15.8 Å². The number of nitrogens with zero attached hydrogens (tertiary/aromatic N) is 2. The molecule has 0 unspecified atom stereocenters. The first-order valence-corrected chi connectivity index (χ1v) is 11.4. The van der Waals surface area contributed by atoms with E-state index in [1.807, 2.05) is 31.1 Å².